The maximum atomic E-state index is 13.3. The van der Waals surface area contributed by atoms with Crippen LogP contribution in [0.15, 0.2) is 42.5 Å². The van der Waals surface area contributed by atoms with Crippen molar-refractivity contribution in [2.75, 3.05) is 6.54 Å². The molecule has 0 radical (unpaired) electrons. The number of hydrogen-bond acceptors (Lipinski definition) is 3. The monoisotopic (exact) mass is 284 g/mol. The van der Waals surface area contributed by atoms with Gasteiger partial charge in [0.2, 0.25) is 0 Å². The normalized spacial score (nSPS) is 10.1. The molecule has 108 valence electrons. The van der Waals surface area contributed by atoms with Gasteiger partial charge >= 0.3 is 0 Å². The highest BCUT2D eigenvalue weighted by atomic mass is 19.1. The van der Waals surface area contributed by atoms with Crippen molar-refractivity contribution in [3.05, 3.63) is 65.0 Å². The Hall–Kier alpha value is -2.38. The Morgan fingerprint density at radius 3 is 2.81 bits per heavy atom. The molecule has 0 spiro atoms. The summed E-state index contributed by atoms with van der Waals surface area (Å²) < 4.78 is 19.0. The summed E-state index contributed by atoms with van der Waals surface area (Å²) >= 11 is 0. The van der Waals surface area contributed by atoms with Crippen LogP contribution in [0.1, 0.15) is 23.6 Å². The van der Waals surface area contributed by atoms with Crippen LogP contribution in [0.2, 0.25) is 0 Å². The second kappa shape index (κ2) is 7.41. The van der Waals surface area contributed by atoms with Crippen molar-refractivity contribution in [3.63, 3.8) is 0 Å². The number of halogens is 1. The van der Waals surface area contributed by atoms with E-state index >= 15 is 0 Å². The Bertz CT molecular complexity index is 649. The average molecular weight is 284 g/mol. The van der Waals surface area contributed by atoms with Crippen LogP contribution in [0.5, 0.6) is 5.75 Å². The molecule has 2 rings (SSSR count). The molecule has 4 heteroatoms. The molecule has 0 aliphatic carbocycles. The minimum absolute atomic E-state index is 0.233. The first-order valence-corrected chi connectivity index (χ1v) is 6.83. The van der Waals surface area contributed by atoms with Crippen LogP contribution in [0.25, 0.3) is 0 Å². The van der Waals surface area contributed by atoms with Gasteiger partial charge < -0.3 is 10.1 Å². The zero-order valence-corrected chi connectivity index (χ0v) is 11.9. The van der Waals surface area contributed by atoms with Gasteiger partial charge in [-0.1, -0.05) is 19.1 Å². The predicted octanol–water partition coefficient (Wildman–Crippen LogP) is 3.39. The third-order valence-corrected chi connectivity index (χ3v) is 2.97. The van der Waals surface area contributed by atoms with E-state index < -0.39 is 5.82 Å². The van der Waals surface area contributed by atoms with E-state index in [9.17, 15) is 4.39 Å². The summed E-state index contributed by atoms with van der Waals surface area (Å²) in [5.74, 6) is 0.307. The summed E-state index contributed by atoms with van der Waals surface area (Å²) in [6, 6.07) is 13.9. The van der Waals surface area contributed by atoms with Gasteiger partial charge in [-0.2, -0.15) is 5.26 Å². The summed E-state index contributed by atoms with van der Waals surface area (Å²) in [5, 5.41) is 12.1. The molecule has 0 amide bonds. The Morgan fingerprint density at radius 2 is 2.05 bits per heavy atom. The number of rotatable bonds is 6. The van der Waals surface area contributed by atoms with Crippen molar-refractivity contribution >= 4 is 0 Å². The zero-order valence-electron chi connectivity index (χ0n) is 11.9. The molecule has 0 saturated carbocycles. The van der Waals surface area contributed by atoms with Crippen LogP contribution in [0.4, 0.5) is 4.39 Å². The number of nitrogens with one attached hydrogen (secondary N) is 1. The van der Waals surface area contributed by atoms with Crippen LogP contribution in [-0.2, 0) is 13.2 Å². The molecule has 0 bridgehead atoms. The standard InChI is InChI=1S/C17H17FN2O/c1-2-20-11-13-4-3-5-17(9-13)21-12-15-6-14(10-19)7-16(18)8-15/h3-9,20H,2,11-12H2,1H3. The van der Waals surface area contributed by atoms with Crippen LogP contribution >= 0.6 is 0 Å². The molecule has 0 aliphatic rings. The van der Waals surface area contributed by atoms with Gasteiger partial charge in [0.1, 0.15) is 18.2 Å². The Kier molecular flexibility index (Phi) is 5.30. The molecule has 0 heterocycles. The first-order chi connectivity index (χ1) is 10.2. The largest absolute Gasteiger partial charge is 0.489 e. The molecule has 3 nitrogen and oxygen atoms in total. The van der Waals surface area contributed by atoms with Crippen molar-refractivity contribution in [2.45, 2.75) is 20.1 Å². The molecule has 0 atom stereocenters. The molecular weight excluding hydrogens is 267 g/mol. The molecule has 2 aromatic rings. The average Bonchev–Trinajstić information content (AvgIpc) is 2.51. The number of benzene rings is 2. The van der Waals surface area contributed by atoms with E-state index in [-0.39, 0.29) is 6.61 Å². The van der Waals surface area contributed by atoms with Crippen LogP contribution < -0.4 is 10.1 Å². The highest BCUT2D eigenvalue weighted by molar-refractivity contribution is 5.34. The topological polar surface area (TPSA) is 45.0 Å². The number of nitriles is 1. The summed E-state index contributed by atoms with van der Waals surface area (Å²) in [5.41, 5.74) is 2.07. The van der Waals surface area contributed by atoms with Crippen molar-refractivity contribution < 1.29 is 9.13 Å². The van der Waals surface area contributed by atoms with Gasteiger partial charge in [0, 0.05) is 6.54 Å². The van der Waals surface area contributed by atoms with Gasteiger partial charge in [0.25, 0.3) is 0 Å². The van der Waals surface area contributed by atoms with E-state index in [2.05, 4.69) is 12.2 Å². The maximum Gasteiger partial charge on any atom is 0.124 e. The molecule has 0 aromatic heterocycles. The lowest BCUT2D eigenvalue weighted by Crippen LogP contribution is -2.11. The fourth-order valence-electron chi connectivity index (χ4n) is 1.98. The van der Waals surface area contributed by atoms with Gasteiger partial charge in [-0.15, -0.1) is 0 Å². The Balaban J connectivity index is 2.03. The van der Waals surface area contributed by atoms with Crippen LogP contribution in [0, 0.1) is 17.1 Å². The van der Waals surface area contributed by atoms with Gasteiger partial charge in [0.05, 0.1) is 11.6 Å². The molecular formula is C17H17FN2O. The summed E-state index contributed by atoms with van der Waals surface area (Å²) in [7, 11) is 0. The first-order valence-electron chi connectivity index (χ1n) is 6.83. The second-order valence-corrected chi connectivity index (χ2v) is 4.68. The summed E-state index contributed by atoms with van der Waals surface area (Å²) in [6.07, 6.45) is 0. The van der Waals surface area contributed by atoms with E-state index in [4.69, 9.17) is 10.00 Å². The fraction of sp³-hybridized carbons (Fsp3) is 0.235. The van der Waals surface area contributed by atoms with E-state index in [1.165, 1.54) is 12.1 Å². The quantitative estimate of drug-likeness (QED) is 0.884. The maximum absolute atomic E-state index is 13.3. The minimum atomic E-state index is -0.423. The highest BCUT2D eigenvalue weighted by Gasteiger charge is 2.02. The van der Waals surface area contributed by atoms with E-state index in [1.807, 2.05) is 30.3 Å². The third kappa shape index (κ3) is 4.59. The van der Waals surface area contributed by atoms with Crippen molar-refractivity contribution in [2.24, 2.45) is 0 Å². The number of hydrogen-bond donors (Lipinski definition) is 1. The molecule has 0 saturated heterocycles. The lowest BCUT2D eigenvalue weighted by molar-refractivity contribution is 0.305. The number of nitrogens with zero attached hydrogens (tertiary/aromatic N) is 1. The smallest absolute Gasteiger partial charge is 0.124 e. The van der Waals surface area contributed by atoms with Crippen molar-refractivity contribution in [1.29, 1.82) is 5.26 Å². The second-order valence-electron chi connectivity index (χ2n) is 4.68. The van der Waals surface area contributed by atoms with Gasteiger partial charge in [0.15, 0.2) is 0 Å². The first kappa shape index (κ1) is 15.0. The van der Waals surface area contributed by atoms with E-state index in [1.54, 1.807) is 6.07 Å². The Morgan fingerprint density at radius 1 is 1.19 bits per heavy atom. The number of ether oxygens (including phenoxy) is 1. The van der Waals surface area contributed by atoms with Crippen molar-refractivity contribution in [3.8, 4) is 11.8 Å². The zero-order chi connectivity index (χ0) is 15.1. The molecule has 0 fully saturated rings. The highest BCUT2D eigenvalue weighted by Crippen LogP contribution is 2.16. The van der Waals surface area contributed by atoms with Crippen LogP contribution in [0.3, 0.4) is 0 Å². The molecule has 1 N–H and O–H groups in total. The van der Waals surface area contributed by atoms with Gasteiger partial charge in [-0.05, 0) is 48.0 Å². The predicted molar refractivity (Wildman–Crippen MR) is 79.3 cm³/mol. The lowest BCUT2D eigenvalue weighted by atomic mass is 10.1. The molecule has 21 heavy (non-hydrogen) atoms. The van der Waals surface area contributed by atoms with Crippen molar-refractivity contribution in [1.82, 2.24) is 5.32 Å². The lowest BCUT2D eigenvalue weighted by Gasteiger charge is -2.09. The SMILES string of the molecule is CCNCc1cccc(OCc2cc(F)cc(C#N)c2)c1. The van der Waals surface area contributed by atoms with Gasteiger partial charge in [-0.25, -0.2) is 4.39 Å². The molecule has 0 aliphatic heterocycles. The molecule has 0 unspecified atom stereocenters. The van der Waals surface area contributed by atoms with Crippen LogP contribution in [-0.4, -0.2) is 6.54 Å². The van der Waals surface area contributed by atoms with E-state index in [0.29, 0.717) is 11.1 Å². The summed E-state index contributed by atoms with van der Waals surface area (Å²) in [6.45, 7) is 3.98. The Labute approximate surface area is 124 Å². The van der Waals surface area contributed by atoms with Gasteiger partial charge in [-0.3, -0.25) is 0 Å². The van der Waals surface area contributed by atoms with E-state index in [0.717, 1.165) is 24.4 Å². The third-order valence-electron chi connectivity index (χ3n) is 2.97. The molecule has 2 aromatic carbocycles. The minimum Gasteiger partial charge on any atom is -0.489 e. The fourth-order valence-corrected chi connectivity index (χ4v) is 1.98. The summed E-state index contributed by atoms with van der Waals surface area (Å²) in [4.78, 5) is 0.